The predicted octanol–water partition coefficient (Wildman–Crippen LogP) is 1.46. The molecule has 2 rings (SSSR count). The number of fused-ring (bicyclic) bond motifs is 1. The van der Waals surface area contributed by atoms with Crippen LogP contribution in [0.1, 0.15) is 43.6 Å². The topological polar surface area (TPSA) is 78.4 Å². The highest BCUT2D eigenvalue weighted by molar-refractivity contribution is 6.02. The van der Waals surface area contributed by atoms with Gasteiger partial charge in [-0.25, -0.2) is 0 Å². The largest absolute Gasteiger partial charge is 0.388 e. The SMILES string of the molecule is CC(C)(O)C(C)(C)NC(=O)c1ccc2c(c1)NC(=O)C2. The van der Waals surface area contributed by atoms with E-state index in [1.165, 1.54) is 0 Å². The molecule has 1 aromatic rings. The summed E-state index contributed by atoms with van der Waals surface area (Å²) in [6.45, 7) is 6.83. The molecule has 0 bridgehead atoms. The Morgan fingerprint density at radius 1 is 1.30 bits per heavy atom. The molecule has 0 spiro atoms. The molecule has 3 N–H and O–H groups in total. The first kappa shape index (κ1) is 14.5. The van der Waals surface area contributed by atoms with E-state index in [0.29, 0.717) is 17.7 Å². The average Bonchev–Trinajstić information content (AvgIpc) is 2.65. The van der Waals surface area contributed by atoms with Crippen LogP contribution >= 0.6 is 0 Å². The molecule has 0 aliphatic carbocycles. The van der Waals surface area contributed by atoms with E-state index in [4.69, 9.17) is 0 Å². The molecule has 1 aliphatic rings. The molecule has 0 aromatic heterocycles. The zero-order valence-corrected chi connectivity index (χ0v) is 12.2. The Bertz CT molecular complexity index is 571. The molecule has 5 nitrogen and oxygen atoms in total. The molecule has 0 atom stereocenters. The zero-order valence-electron chi connectivity index (χ0n) is 12.2. The van der Waals surface area contributed by atoms with Crippen molar-refractivity contribution in [3.8, 4) is 0 Å². The number of hydrogen-bond donors (Lipinski definition) is 3. The van der Waals surface area contributed by atoms with Crippen LogP contribution in [0.4, 0.5) is 5.69 Å². The van der Waals surface area contributed by atoms with Crippen molar-refractivity contribution < 1.29 is 14.7 Å². The number of amides is 2. The number of aliphatic hydroxyl groups is 1. The zero-order chi connectivity index (χ0) is 15.1. The van der Waals surface area contributed by atoms with Crippen LogP contribution in [0.5, 0.6) is 0 Å². The average molecular weight is 276 g/mol. The number of hydrogen-bond acceptors (Lipinski definition) is 3. The third-order valence-electron chi connectivity index (χ3n) is 3.95. The fourth-order valence-electron chi connectivity index (χ4n) is 1.86. The van der Waals surface area contributed by atoms with E-state index in [-0.39, 0.29) is 11.8 Å². The number of rotatable bonds is 3. The Balaban J connectivity index is 2.19. The van der Waals surface area contributed by atoms with E-state index in [0.717, 1.165) is 5.56 Å². The summed E-state index contributed by atoms with van der Waals surface area (Å²) in [5.74, 6) is -0.338. The van der Waals surface area contributed by atoms with Crippen molar-refractivity contribution in [2.75, 3.05) is 5.32 Å². The number of benzene rings is 1. The fraction of sp³-hybridized carbons (Fsp3) is 0.467. The quantitative estimate of drug-likeness (QED) is 0.782. The van der Waals surface area contributed by atoms with Gasteiger partial charge < -0.3 is 15.7 Å². The smallest absolute Gasteiger partial charge is 0.251 e. The van der Waals surface area contributed by atoms with E-state index in [2.05, 4.69) is 10.6 Å². The molecule has 0 unspecified atom stereocenters. The van der Waals surface area contributed by atoms with Gasteiger partial charge in [-0.15, -0.1) is 0 Å². The minimum atomic E-state index is -1.05. The molecule has 0 radical (unpaired) electrons. The van der Waals surface area contributed by atoms with Gasteiger partial charge in [-0.2, -0.15) is 0 Å². The molecule has 5 heteroatoms. The van der Waals surface area contributed by atoms with E-state index in [9.17, 15) is 14.7 Å². The number of nitrogens with one attached hydrogen (secondary N) is 2. The van der Waals surface area contributed by atoms with E-state index in [1.807, 2.05) is 0 Å². The fourth-order valence-corrected chi connectivity index (χ4v) is 1.86. The summed E-state index contributed by atoms with van der Waals surface area (Å²) in [4.78, 5) is 23.6. The third-order valence-corrected chi connectivity index (χ3v) is 3.95. The van der Waals surface area contributed by atoms with Gasteiger partial charge in [-0.3, -0.25) is 9.59 Å². The third kappa shape index (κ3) is 2.67. The van der Waals surface area contributed by atoms with E-state index < -0.39 is 11.1 Å². The number of carbonyl (C=O) groups excluding carboxylic acids is 2. The van der Waals surface area contributed by atoms with Gasteiger partial charge in [0, 0.05) is 11.3 Å². The Labute approximate surface area is 118 Å². The van der Waals surface area contributed by atoms with Gasteiger partial charge in [0.05, 0.1) is 17.6 Å². The van der Waals surface area contributed by atoms with Gasteiger partial charge in [0.2, 0.25) is 5.91 Å². The molecule has 2 amide bonds. The van der Waals surface area contributed by atoms with Crippen molar-refractivity contribution in [3.63, 3.8) is 0 Å². The Hall–Kier alpha value is -1.88. The minimum absolute atomic E-state index is 0.0608. The summed E-state index contributed by atoms with van der Waals surface area (Å²) in [5, 5.41) is 15.6. The molecule has 1 aromatic carbocycles. The Morgan fingerprint density at radius 2 is 1.95 bits per heavy atom. The van der Waals surface area contributed by atoms with Crippen LogP contribution in [0.3, 0.4) is 0 Å². The predicted molar refractivity (Wildman–Crippen MR) is 76.6 cm³/mol. The summed E-state index contributed by atoms with van der Waals surface area (Å²) >= 11 is 0. The highest BCUT2D eigenvalue weighted by atomic mass is 16.3. The number of carbonyl (C=O) groups is 2. The first-order chi connectivity index (χ1) is 9.10. The van der Waals surface area contributed by atoms with E-state index in [1.54, 1.807) is 45.9 Å². The van der Waals surface area contributed by atoms with Crippen LogP contribution in [-0.2, 0) is 11.2 Å². The van der Waals surface area contributed by atoms with Crippen molar-refractivity contribution >= 4 is 17.5 Å². The van der Waals surface area contributed by atoms with Crippen molar-refractivity contribution in [2.45, 2.75) is 45.3 Å². The van der Waals surface area contributed by atoms with Crippen molar-refractivity contribution in [1.29, 1.82) is 0 Å². The molecular formula is C15H20N2O3. The maximum absolute atomic E-state index is 12.3. The molecular weight excluding hydrogens is 256 g/mol. The lowest BCUT2D eigenvalue weighted by molar-refractivity contribution is -0.115. The molecule has 1 aliphatic heterocycles. The second-order valence-corrected chi connectivity index (χ2v) is 6.24. The summed E-state index contributed by atoms with van der Waals surface area (Å²) in [6, 6.07) is 5.13. The standard InChI is InChI=1S/C15H20N2O3/c1-14(2,15(3,4)20)17-13(19)10-6-5-9-8-12(18)16-11(9)7-10/h5-7,20H,8H2,1-4H3,(H,16,18)(H,17,19). The first-order valence-electron chi connectivity index (χ1n) is 6.58. The van der Waals surface area contributed by atoms with E-state index >= 15 is 0 Å². The van der Waals surface area contributed by atoms with Crippen LogP contribution in [0.2, 0.25) is 0 Å². The van der Waals surface area contributed by atoms with Crippen molar-refractivity contribution in [1.82, 2.24) is 5.32 Å². The highest BCUT2D eigenvalue weighted by Crippen LogP contribution is 2.25. The second-order valence-electron chi connectivity index (χ2n) is 6.24. The lowest BCUT2D eigenvalue weighted by Crippen LogP contribution is -2.57. The van der Waals surface area contributed by atoms with Gasteiger partial charge >= 0.3 is 0 Å². The van der Waals surface area contributed by atoms with Crippen LogP contribution in [0.25, 0.3) is 0 Å². The lowest BCUT2D eigenvalue weighted by Gasteiger charge is -2.38. The van der Waals surface area contributed by atoms with Crippen LogP contribution in [0, 0.1) is 0 Å². The number of anilines is 1. The minimum Gasteiger partial charge on any atom is -0.388 e. The maximum atomic E-state index is 12.3. The molecule has 108 valence electrons. The summed E-state index contributed by atoms with van der Waals surface area (Å²) in [5.41, 5.74) is 0.222. The second kappa shape index (κ2) is 4.59. The summed E-state index contributed by atoms with van der Waals surface area (Å²) in [6.07, 6.45) is 0.354. The van der Waals surface area contributed by atoms with Gasteiger partial charge in [0.25, 0.3) is 5.91 Å². The summed E-state index contributed by atoms with van der Waals surface area (Å²) < 4.78 is 0. The molecule has 20 heavy (non-hydrogen) atoms. The molecule has 0 saturated heterocycles. The highest BCUT2D eigenvalue weighted by Gasteiger charge is 2.36. The summed E-state index contributed by atoms with van der Waals surface area (Å²) in [7, 11) is 0. The normalized spacial score (nSPS) is 14.8. The monoisotopic (exact) mass is 276 g/mol. The van der Waals surface area contributed by atoms with Crippen LogP contribution in [-0.4, -0.2) is 28.1 Å². The van der Waals surface area contributed by atoms with Gasteiger partial charge in [-0.1, -0.05) is 6.07 Å². The van der Waals surface area contributed by atoms with Crippen LogP contribution < -0.4 is 10.6 Å². The van der Waals surface area contributed by atoms with Gasteiger partial charge in [0.15, 0.2) is 0 Å². The molecule has 0 saturated carbocycles. The Kier molecular flexibility index (Phi) is 3.34. The van der Waals surface area contributed by atoms with Crippen LogP contribution in [0.15, 0.2) is 18.2 Å². The van der Waals surface area contributed by atoms with Crippen molar-refractivity contribution in [3.05, 3.63) is 29.3 Å². The molecule has 0 fully saturated rings. The first-order valence-corrected chi connectivity index (χ1v) is 6.58. The van der Waals surface area contributed by atoms with Gasteiger partial charge in [-0.05, 0) is 45.4 Å². The van der Waals surface area contributed by atoms with Crippen molar-refractivity contribution in [2.24, 2.45) is 0 Å². The molecule has 1 heterocycles. The maximum Gasteiger partial charge on any atom is 0.251 e. The van der Waals surface area contributed by atoms with Gasteiger partial charge in [0.1, 0.15) is 0 Å². The Morgan fingerprint density at radius 3 is 2.55 bits per heavy atom. The lowest BCUT2D eigenvalue weighted by atomic mass is 9.85.